The SMILES string of the molecule is CS(=O)(=O)NCCOc1cc(C(=O)Nc2ccc3cccnc3n2)ccc1Br. The van der Waals surface area contributed by atoms with Gasteiger partial charge >= 0.3 is 0 Å². The normalized spacial score (nSPS) is 11.4. The number of hydrogen-bond acceptors (Lipinski definition) is 6. The van der Waals surface area contributed by atoms with E-state index in [1.165, 1.54) is 0 Å². The van der Waals surface area contributed by atoms with Crippen LogP contribution >= 0.6 is 15.9 Å². The Labute approximate surface area is 170 Å². The molecule has 0 aliphatic heterocycles. The lowest BCUT2D eigenvalue weighted by atomic mass is 10.2. The fourth-order valence-electron chi connectivity index (χ4n) is 2.35. The lowest BCUT2D eigenvalue weighted by molar-refractivity contribution is 0.102. The lowest BCUT2D eigenvalue weighted by Crippen LogP contribution is -2.27. The molecule has 146 valence electrons. The molecule has 0 spiro atoms. The maximum absolute atomic E-state index is 12.5. The monoisotopic (exact) mass is 464 g/mol. The summed E-state index contributed by atoms with van der Waals surface area (Å²) in [7, 11) is -3.28. The summed E-state index contributed by atoms with van der Waals surface area (Å²) in [4.78, 5) is 21.0. The van der Waals surface area contributed by atoms with Gasteiger partial charge in [0.25, 0.3) is 5.91 Å². The van der Waals surface area contributed by atoms with Crippen molar-refractivity contribution in [2.75, 3.05) is 24.7 Å². The van der Waals surface area contributed by atoms with Crippen LogP contribution in [0.25, 0.3) is 11.0 Å². The van der Waals surface area contributed by atoms with Gasteiger partial charge in [0.15, 0.2) is 5.65 Å². The fourth-order valence-corrected chi connectivity index (χ4v) is 3.17. The lowest BCUT2D eigenvalue weighted by Gasteiger charge is -2.11. The van der Waals surface area contributed by atoms with Crippen molar-refractivity contribution < 1.29 is 17.9 Å². The molecule has 1 aromatic carbocycles. The number of carbonyl (C=O) groups is 1. The van der Waals surface area contributed by atoms with E-state index in [9.17, 15) is 13.2 Å². The number of sulfonamides is 1. The highest BCUT2D eigenvalue weighted by Gasteiger charge is 2.11. The second-order valence-electron chi connectivity index (χ2n) is 5.86. The Morgan fingerprint density at radius 1 is 1.21 bits per heavy atom. The molecule has 10 heteroatoms. The molecule has 0 aliphatic rings. The Hall–Kier alpha value is -2.56. The Morgan fingerprint density at radius 2 is 2.04 bits per heavy atom. The Balaban J connectivity index is 1.69. The molecule has 0 atom stereocenters. The van der Waals surface area contributed by atoms with Gasteiger partial charge in [-0.3, -0.25) is 4.79 Å². The molecular weight excluding hydrogens is 448 g/mol. The number of pyridine rings is 2. The minimum Gasteiger partial charge on any atom is -0.491 e. The molecule has 0 aliphatic carbocycles. The maximum atomic E-state index is 12.5. The van der Waals surface area contributed by atoms with E-state index in [0.29, 0.717) is 27.3 Å². The second-order valence-corrected chi connectivity index (χ2v) is 8.55. The molecule has 0 saturated heterocycles. The van der Waals surface area contributed by atoms with E-state index >= 15 is 0 Å². The zero-order valence-electron chi connectivity index (χ0n) is 14.8. The third-order valence-electron chi connectivity index (χ3n) is 3.62. The average Bonchev–Trinajstić information content (AvgIpc) is 2.65. The maximum Gasteiger partial charge on any atom is 0.256 e. The third kappa shape index (κ3) is 5.47. The molecule has 28 heavy (non-hydrogen) atoms. The van der Waals surface area contributed by atoms with Crippen LogP contribution in [0.1, 0.15) is 10.4 Å². The molecule has 0 unspecified atom stereocenters. The summed E-state index contributed by atoms with van der Waals surface area (Å²) in [6.45, 7) is 0.240. The number of hydrogen-bond donors (Lipinski definition) is 2. The summed E-state index contributed by atoms with van der Waals surface area (Å²) >= 11 is 3.35. The van der Waals surface area contributed by atoms with Gasteiger partial charge in [0.05, 0.1) is 10.7 Å². The molecular formula is C18H17BrN4O4S. The van der Waals surface area contributed by atoms with Crippen LogP contribution in [0.5, 0.6) is 5.75 Å². The van der Waals surface area contributed by atoms with Crippen LogP contribution in [0.3, 0.4) is 0 Å². The minimum absolute atomic E-state index is 0.120. The summed E-state index contributed by atoms with van der Waals surface area (Å²) in [6, 6.07) is 12.1. The van der Waals surface area contributed by atoms with Gasteiger partial charge < -0.3 is 10.1 Å². The summed E-state index contributed by atoms with van der Waals surface area (Å²) < 4.78 is 30.7. The molecule has 0 fully saturated rings. The third-order valence-corrected chi connectivity index (χ3v) is 5.01. The minimum atomic E-state index is -3.28. The number of amides is 1. The van der Waals surface area contributed by atoms with Crippen molar-refractivity contribution in [3.63, 3.8) is 0 Å². The molecule has 3 rings (SSSR count). The Morgan fingerprint density at radius 3 is 2.82 bits per heavy atom. The van der Waals surface area contributed by atoms with Crippen molar-refractivity contribution >= 4 is 48.7 Å². The number of nitrogens with zero attached hydrogens (tertiary/aromatic N) is 2. The summed E-state index contributed by atoms with van der Waals surface area (Å²) in [5, 5.41) is 3.61. The molecule has 0 saturated carbocycles. The number of fused-ring (bicyclic) bond motifs is 1. The van der Waals surface area contributed by atoms with Crippen molar-refractivity contribution in [2.24, 2.45) is 0 Å². The number of benzene rings is 1. The van der Waals surface area contributed by atoms with Gasteiger partial charge in [-0.1, -0.05) is 0 Å². The van der Waals surface area contributed by atoms with Crippen LogP contribution in [-0.4, -0.2) is 43.7 Å². The molecule has 3 aromatic rings. The van der Waals surface area contributed by atoms with Crippen molar-refractivity contribution in [3.8, 4) is 5.75 Å². The molecule has 8 nitrogen and oxygen atoms in total. The number of halogens is 1. The van der Waals surface area contributed by atoms with Gasteiger partial charge in [0.2, 0.25) is 10.0 Å². The first-order valence-electron chi connectivity index (χ1n) is 8.22. The molecule has 2 N–H and O–H groups in total. The van der Waals surface area contributed by atoms with E-state index in [4.69, 9.17) is 4.74 Å². The van der Waals surface area contributed by atoms with Gasteiger partial charge in [-0.2, -0.15) is 0 Å². The van der Waals surface area contributed by atoms with Gasteiger partial charge in [0.1, 0.15) is 18.2 Å². The topological polar surface area (TPSA) is 110 Å². The average molecular weight is 465 g/mol. The van der Waals surface area contributed by atoms with Crippen molar-refractivity contribution in [1.82, 2.24) is 14.7 Å². The number of nitrogens with one attached hydrogen (secondary N) is 2. The van der Waals surface area contributed by atoms with Gasteiger partial charge in [-0.25, -0.2) is 23.1 Å². The van der Waals surface area contributed by atoms with Gasteiger partial charge in [-0.15, -0.1) is 0 Å². The summed E-state index contributed by atoms with van der Waals surface area (Å²) in [5.41, 5.74) is 0.913. The van der Waals surface area contributed by atoms with Gasteiger partial charge in [0, 0.05) is 23.7 Å². The van der Waals surface area contributed by atoms with E-state index < -0.39 is 10.0 Å². The highest BCUT2D eigenvalue weighted by Crippen LogP contribution is 2.26. The predicted octanol–water partition coefficient (Wildman–Crippen LogP) is 2.57. The van der Waals surface area contributed by atoms with Crippen molar-refractivity contribution in [1.29, 1.82) is 0 Å². The zero-order chi connectivity index (χ0) is 20.1. The second kappa shape index (κ2) is 8.63. The first-order chi connectivity index (χ1) is 13.3. The van der Waals surface area contributed by atoms with Crippen LogP contribution in [0, 0.1) is 0 Å². The molecule has 0 radical (unpaired) electrons. The zero-order valence-corrected chi connectivity index (χ0v) is 17.2. The summed E-state index contributed by atoms with van der Waals surface area (Å²) in [5.74, 6) is 0.462. The quantitative estimate of drug-likeness (QED) is 0.519. The number of aromatic nitrogens is 2. The Bertz CT molecular complexity index is 1120. The molecule has 1 amide bonds. The highest BCUT2D eigenvalue weighted by molar-refractivity contribution is 9.10. The molecule has 0 bridgehead atoms. The van der Waals surface area contributed by atoms with E-state index in [-0.39, 0.29) is 19.1 Å². The largest absolute Gasteiger partial charge is 0.491 e. The number of carbonyl (C=O) groups excluding carboxylic acids is 1. The first-order valence-corrected chi connectivity index (χ1v) is 10.9. The fraction of sp³-hybridized carbons (Fsp3) is 0.167. The predicted molar refractivity (Wildman–Crippen MR) is 110 cm³/mol. The Kier molecular flexibility index (Phi) is 6.22. The standard InChI is InChI=1S/C18H17BrN4O4S/c1-28(25,26)21-9-10-27-15-11-13(4-6-14(15)19)18(24)23-16-7-5-12-3-2-8-20-17(12)22-16/h2-8,11,21H,9-10H2,1H3,(H,20,22,23,24). The number of rotatable bonds is 7. The van der Waals surface area contributed by atoms with Crippen LogP contribution in [-0.2, 0) is 10.0 Å². The van der Waals surface area contributed by atoms with Crippen molar-refractivity contribution in [3.05, 3.63) is 58.7 Å². The smallest absolute Gasteiger partial charge is 0.256 e. The van der Waals surface area contributed by atoms with Crippen LogP contribution < -0.4 is 14.8 Å². The van der Waals surface area contributed by atoms with Gasteiger partial charge in [-0.05, 0) is 58.4 Å². The van der Waals surface area contributed by atoms with Crippen LogP contribution in [0.15, 0.2) is 53.1 Å². The molecule has 2 aromatic heterocycles. The number of anilines is 1. The van der Waals surface area contributed by atoms with Crippen LogP contribution in [0.2, 0.25) is 0 Å². The van der Waals surface area contributed by atoms with E-state index in [0.717, 1.165) is 11.6 Å². The van der Waals surface area contributed by atoms with Crippen molar-refractivity contribution in [2.45, 2.75) is 0 Å². The van der Waals surface area contributed by atoms with E-state index in [1.807, 2.05) is 18.2 Å². The molecule has 2 heterocycles. The number of ether oxygens (including phenoxy) is 1. The van der Waals surface area contributed by atoms with Crippen LogP contribution in [0.4, 0.5) is 5.82 Å². The van der Waals surface area contributed by atoms with E-state index in [2.05, 4.69) is 35.9 Å². The first kappa shape index (κ1) is 20.2. The van der Waals surface area contributed by atoms with E-state index in [1.54, 1.807) is 30.5 Å². The summed E-state index contributed by atoms with van der Waals surface area (Å²) in [6.07, 6.45) is 2.71. The highest BCUT2D eigenvalue weighted by atomic mass is 79.9.